The van der Waals surface area contributed by atoms with Crippen molar-refractivity contribution in [1.29, 1.82) is 0 Å². The number of halogens is 1. The second-order valence-corrected chi connectivity index (χ2v) is 6.24. The lowest BCUT2D eigenvalue weighted by molar-refractivity contribution is -0.145. The highest BCUT2D eigenvalue weighted by Crippen LogP contribution is 2.31. The van der Waals surface area contributed by atoms with Crippen molar-refractivity contribution in [3.05, 3.63) is 39.3 Å². The number of methoxy groups -OCH3 is 1. The van der Waals surface area contributed by atoms with Crippen molar-refractivity contribution in [3.8, 4) is 5.69 Å². The van der Waals surface area contributed by atoms with Gasteiger partial charge in [0.25, 0.3) is 0 Å². The molecule has 0 bridgehead atoms. The van der Waals surface area contributed by atoms with Gasteiger partial charge in [0.2, 0.25) is 5.95 Å². The van der Waals surface area contributed by atoms with Crippen LogP contribution in [0.15, 0.2) is 28.0 Å². The molecule has 4 rings (SSSR count). The van der Waals surface area contributed by atoms with E-state index in [1.165, 1.54) is 11.7 Å². The molecule has 26 heavy (non-hydrogen) atoms. The van der Waals surface area contributed by atoms with E-state index in [4.69, 9.17) is 21.1 Å². The second kappa shape index (κ2) is 6.58. The number of anilines is 1. The molecule has 2 aliphatic heterocycles. The summed E-state index contributed by atoms with van der Waals surface area (Å²) in [6.07, 6.45) is 0. The normalized spacial score (nSPS) is 14.5. The predicted octanol–water partition coefficient (Wildman–Crippen LogP) is 0.457. The molecule has 0 spiro atoms. The van der Waals surface area contributed by atoms with Gasteiger partial charge in [-0.05, 0) is 18.2 Å². The van der Waals surface area contributed by atoms with Crippen LogP contribution in [0.4, 0.5) is 5.95 Å². The van der Waals surface area contributed by atoms with Crippen LogP contribution >= 0.6 is 11.6 Å². The monoisotopic (exact) mass is 377 g/mol. The van der Waals surface area contributed by atoms with Crippen molar-refractivity contribution >= 4 is 29.4 Å². The van der Waals surface area contributed by atoms with Crippen LogP contribution in [-0.4, -0.2) is 59.6 Å². The van der Waals surface area contributed by atoms with Crippen LogP contribution < -0.4 is 10.6 Å². The minimum atomic E-state index is -0.554. The SMILES string of the molecule is COCCOC(=O)Cn1nc2n(c1=O)-c1cc(Cl)ccc1C1=NCCN12. The Balaban J connectivity index is 1.73. The number of nitrogens with zero attached hydrogens (tertiary/aromatic N) is 5. The van der Waals surface area contributed by atoms with Gasteiger partial charge in [0, 0.05) is 24.2 Å². The maximum absolute atomic E-state index is 12.9. The summed E-state index contributed by atoms with van der Waals surface area (Å²) in [5.74, 6) is 0.621. The van der Waals surface area contributed by atoms with Gasteiger partial charge in [0.1, 0.15) is 19.0 Å². The summed E-state index contributed by atoms with van der Waals surface area (Å²) in [6, 6.07) is 5.29. The summed E-state index contributed by atoms with van der Waals surface area (Å²) in [6.45, 7) is 1.36. The Bertz CT molecular complexity index is 964. The van der Waals surface area contributed by atoms with E-state index < -0.39 is 11.7 Å². The van der Waals surface area contributed by atoms with Gasteiger partial charge in [-0.2, -0.15) is 4.68 Å². The summed E-state index contributed by atoms with van der Waals surface area (Å²) >= 11 is 6.12. The van der Waals surface area contributed by atoms with E-state index in [1.54, 1.807) is 12.1 Å². The number of aliphatic imine (C=N–C) groups is 1. The molecule has 0 atom stereocenters. The maximum atomic E-state index is 12.9. The first-order chi connectivity index (χ1) is 12.6. The summed E-state index contributed by atoms with van der Waals surface area (Å²) in [5, 5.41) is 4.83. The Morgan fingerprint density at radius 1 is 1.35 bits per heavy atom. The molecule has 0 unspecified atom stereocenters. The van der Waals surface area contributed by atoms with E-state index in [2.05, 4.69) is 10.1 Å². The molecular formula is C16H16ClN5O4. The summed E-state index contributed by atoms with van der Waals surface area (Å²) in [5.41, 5.74) is 0.982. The zero-order valence-electron chi connectivity index (χ0n) is 14.0. The highest BCUT2D eigenvalue weighted by atomic mass is 35.5. The van der Waals surface area contributed by atoms with Crippen molar-refractivity contribution in [1.82, 2.24) is 14.3 Å². The number of fused-ring (bicyclic) bond motifs is 6. The molecule has 2 aliphatic rings. The first kappa shape index (κ1) is 16.8. The molecule has 0 N–H and O–H groups in total. The largest absolute Gasteiger partial charge is 0.462 e. The lowest BCUT2D eigenvalue weighted by atomic mass is 10.1. The van der Waals surface area contributed by atoms with Crippen LogP contribution in [0.25, 0.3) is 5.69 Å². The van der Waals surface area contributed by atoms with Crippen molar-refractivity contribution in [3.63, 3.8) is 0 Å². The number of hydrogen-bond donors (Lipinski definition) is 0. The minimum absolute atomic E-state index is 0.124. The third kappa shape index (κ3) is 2.69. The van der Waals surface area contributed by atoms with Gasteiger partial charge in [-0.15, -0.1) is 5.10 Å². The van der Waals surface area contributed by atoms with Crippen LogP contribution in [0.5, 0.6) is 0 Å². The fourth-order valence-corrected chi connectivity index (χ4v) is 3.21. The number of carbonyl (C=O) groups is 1. The van der Waals surface area contributed by atoms with Gasteiger partial charge in [-0.1, -0.05) is 11.6 Å². The fraction of sp³-hybridized carbons (Fsp3) is 0.375. The summed E-state index contributed by atoms with van der Waals surface area (Å²) < 4.78 is 12.4. The van der Waals surface area contributed by atoms with Gasteiger partial charge >= 0.3 is 11.7 Å². The molecule has 0 saturated heterocycles. The maximum Gasteiger partial charge on any atom is 0.352 e. The average Bonchev–Trinajstić information content (AvgIpc) is 3.21. The highest BCUT2D eigenvalue weighted by molar-refractivity contribution is 6.31. The van der Waals surface area contributed by atoms with Crippen LogP contribution in [0.2, 0.25) is 5.02 Å². The van der Waals surface area contributed by atoms with Gasteiger partial charge in [0.05, 0.1) is 18.8 Å². The van der Waals surface area contributed by atoms with E-state index in [0.717, 1.165) is 16.1 Å². The Morgan fingerprint density at radius 2 is 2.19 bits per heavy atom. The van der Waals surface area contributed by atoms with Crippen molar-refractivity contribution in [2.45, 2.75) is 6.54 Å². The van der Waals surface area contributed by atoms with Crippen molar-refractivity contribution in [2.24, 2.45) is 4.99 Å². The number of ether oxygens (including phenoxy) is 2. The minimum Gasteiger partial charge on any atom is -0.462 e. The Kier molecular flexibility index (Phi) is 4.25. The quantitative estimate of drug-likeness (QED) is 0.555. The molecule has 0 fully saturated rings. The molecule has 3 heterocycles. The smallest absolute Gasteiger partial charge is 0.352 e. The molecule has 10 heteroatoms. The van der Waals surface area contributed by atoms with E-state index in [1.807, 2.05) is 11.0 Å². The molecule has 136 valence electrons. The van der Waals surface area contributed by atoms with Gasteiger partial charge < -0.3 is 9.47 Å². The fourth-order valence-electron chi connectivity index (χ4n) is 3.04. The Hall–Kier alpha value is -2.65. The zero-order valence-corrected chi connectivity index (χ0v) is 14.8. The third-order valence-corrected chi connectivity index (χ3v) is 4.41. The molecule has 1 aromatic carbocycles. The first-order valence-corrected chi connectivity index (χ1v) is 8.44. The Morgan fingerprint density at radius 3 is 3.00 bits per heavy atom. The number of amidine groups is 1. The van der Waals surface area contributed by atoms with Crippen LogP contribution in [-0.2, 0) is 20.8 Å². The first-order valence-electron chi connectivity index (χ1n) is 8.07. The van der Waals surface area contributed by atoms with Crippen molar-refractivity contribution < 1.29 is 14.3 Å². The van der Waals surface area contributed by atoms with Crippen LogP contribution in [0.3, 0.4) is 0 Å². The number of hydrogen-bond acceptors (Lipinski definition) is 7. The topological polar surface area (TPSA) is 90.9 Å². The van der Waals surface area contributed by atoms with E-state index in [9.17, 15) is 9.59 Å². The average molecular weight is 378 g/mol. The molecule has 0 radical (unpaired) electrons. The van der Waals surface area contributed by atoms with Gasteiger partial charge in [0.15, 0.2) is 0 Å². The predicted molar refractivity (Wildman–Crippen MR) is 94.4 cm³/mol. The lowest BCUT2D eigenvalue weighted by Crippen LogP contribution is -2.37. The summed E-state index contributed by atoms with van der Waals surface area (Å²) in [4.78, 5) is 31.2. The molecule has 1 aromatic heterocycles. The molecule has 9 nitrogen and oxygen atoms in total. The van der Waals surface area contributed by atoms with Crippen LogP contribution in [0, 0.1) is 0 Å². The molecule has 2 aromatic rings. The zero-order chi connectivity index (χ0) is 18.3. The summed E-state index contributed by atoms with van der Waals surface area (Å²) in [7, 11) is 1.51. The van der Waals surface area contributed by atoms with E-state index >= 15 is 0 Å². The number of aromatic nitrogens is 3. The number of benzene rings is 1. The standard InChI is InChI=1S/C16H16ClN5O4/c1-25-6-7-26-13(23)9-21-16(24)22-12-8-10(17)2-3-11(12)14-18-4-5-20(14)15(22)19-21/h2-3,8H,4-7,9H2,1H3. The van der Waals surface area contributed by atoms with E-state index in [0.29, 0.717) is 36.4 Å². The number of carbonyl (C=O) groups excluding carboxylic acids is 1. The molecular weight excluding hydrogens is 362 g/mol. The number of esters is 1. The third-order valence-electron chi connectivity index (χ3n) is 4.18. The second-order valence-electron chi connectivity index (χ2n) is 5.81. The Labute approximate surface area is 153 Å². The highest BCUT2D eigenvalue weighted by Gasteiger charge is 2.34. The number of rotatable bonds is 5. The van der Waals surface area contributed by atoms with Crippen molar-refractivity contribution in [2.75, 3.05) is 38.3 Å². The molecule has 0 aliphatic carbocycles. The van der Waals surface area contributed by atoms with Crippen LogP contribution in [0.1, 0.15) is 5.56 Å². The molecule has 0 amide bonds. The van der Waals surface area contributed by atoms with Gasteiger partial charge in [-0.3, -0.25) is 14.7 Å². The van der Waals surface area contributed by atoms with Gasteiger partial charge in [-0.25, -0.2) is 9.36 Å². The molecule has 0 saturated carbocycles. The van der Waals surface area contributed by atoms with E-state index in [-0.39, 0.29) is 13.2 Å². The lowest BCUT2D eigenvalue weighted by Gasteiger charge is -2.26.